The Morgan fingerprint density at radius 3 is 2.86 bits per heavy atom. The molecule has 0 radical (unpaired) electrons. The van der Waals surface area contributed by atoms with Crippen molar-refractivity contribution in [1.82, 2.24) is 15.6 Å². The first-order valence-corrected chi connectivity index (χ1v) is 8.26. The van der Waals surface area contributed by atoms with E-state index in [2.05, 4.69) is 72.7 Å². The lowest BCUT2D eigenvalue weighted by Crippen LogP contribution is -2.42. The summed E-state index contributed by atoms with van der Waals surface area (Å²) in [5.41, 5.74) is 3.87. The molecule has 4 heteroatoms. The fourth-order valence-electron chi connectivity index (χ4n) is 2.51. The van der Waals surface area contributed by atoms with E-state index in [0.29, 0.717) is 6.04 Å². The third kappa shape index (κ3) is 4.03. The van der Waals surface area contributed by atoms with Crippen LogP contribution in [0.15, 0.2) is 29.4 Å². The van der Waals surface area contributed by atoms with Gasteiger partial charge in [-0.15, -0.1) is 0 Å². The maximum absolute atomic E-state index is 4.69. The predicted octanol–water partition coefficient (Wildman–Crippen LogP) is 3.37. The average Bonchev–Trinajstić information content (AvgIpc) is 2.92. The molecular weight excluding hydrogens is 272 g/mol. The smallest absolute Gasteiger partial charge is 0.191 e. The summed E-state index contributed by atoms with van der Waals surface area (Å²) in [6, 6.07) is 6.88. The summed E-state index contributed by atoms with van der Waals surface area (Å²) in [5.74, 6) is 0.910. The first-order chi connectivity index (χ1) is 10.7. The van der Waals surface area contributed by atoms with Crippen molar-refractivity contribution in [2.75, 3.05) is 13.1 Å². The van der Waals surface area contributed by atoms with Gasteiger partial charge in [0.2, 0.25) is 0 Å². The molecule has 0 saturated carbocycles. The molecule has 0 spiro atoms. The number of nitrogens with zero attached hydrogens (tertiary/aromatic N) is 1. The first-order valence-electron chi connectivity index (χ1n) is 8.26. The molecule has 1 unspecified atom stereocenters. The zero-order valence-electron chi connectivity index (χ0n) is 14.2. The zero-order chi connectivity index (χ0) is 15.9. The topological polar surface area (TPSA) is 52.2 Å². The highest BCUT2D eigenvalue weighted by atomic mass is 15.2. The number of H-pyrrole nitrogens is 1. The van der Waals surface area contributed by atoms with Gasteiger partial charge < -0.3 is 15.6 Å². The van der Waals surface area contributed by atoms with Crippen molar-refractivity contribution in [3.05, 3.63) is 35.5 Å². The number of aryl methyl sites for hydroxylation is 1. The molecule has 4 nitrogen and oxygen atoms in total. The Kier molecular flexibility index (Phi) is 5.87. The molecule has 120 valence electrons. The molecular formula is C18H28N4. The molecule has 1 aromatic carbocycles. The van der Waals surface area contributed by atoms with Crippen molar-refractivity contribution in [3.8, 4) is 0 Å². The van der Waals surface area contributed by atoms with Gasteiger partial charge in [-0.25, -0.2) is 0 Å². The van der Waals surface area contributed by atoms with Crippen LogP contribution in [0.4, 0.5) is 0 Å². The summed E-state index contributed by atoms with van der Waals surface area (Å²) in [5, 5.41) is 8.05. The highest BCUT2D eigenvalue weighted by Crippen LogP contribution is 2.21. The number of nitrogens with one attached hydrogen (secondary N) is 3. The number of aliphatic imine (C=N–C) groups is 1. The second-order valence-corrected chi connectivity index (χ2v) is 5.78. The number of rotatable bonds is 6. The van der Waals surface area contributed by atoms with E-state index in [1.54, 1.807) is 0 Å². The molecule has 0 bridgehead atoms. The lowest BCUT2D eigenvalue weighted by molar-refractivity contribution is 0.624. The van der Waals surface area contributed by atoms with Crippen LogP contribution in [-0.4, -0.2) is 30.1 Å². The van der Waals surface area contributed by atoms with Gasteiger partial charge in [0.1, 0.15) is 0 Å². The van der Waals surface area contributed by atoms with Crippen molar-refractivity contribution in [2.24, 2.45) is 4.99 Å². The lowest BCUT2D eigenvalue weighted by atomic mass is 10.1. The number of para-hydroxylation sites is 1. The molecule has 0 fully saturated rings. The van der Waals surface area contributed by atoms with E-state index in [0.717, 1.165) is 31.9 Å². The molecule has 0 aliphatic carbocycles. The molecule has 0 amide bonds. The molecule has 3 N–H and O–H groups in total. The summed E-state index contributed by atoms with van der Waals surface area (Å²) in [7, 11) is 0. The van der Waals surface area contributed by atoms with E-state index in [1.807, 2.05) is 0 Å². The van der Waals surface area contributed by atoms with Gasteiger partial charge in [-0.05, 0) is 44.7 Å². The van der Waals surface area contributed by atoms with E-state index < -0.39 is 0 Å². The minimum atomic E-state index is 0.438. The first kappa shape index (κ1) is 16.4. The van der Waals surface area contributed by atoms with Crippen LogP contribution in [0, 0.1) is 6.92 Å². The summed E-state index contributed by atoms with van der Waals surface area (Å²) < 4.78 is 0. The fraction of sp³-hybridized carbons (Fsp3) is 0.500. The monoisotopic (exact) mass is 300 g/mol. The summed E-state index contributed by atoms with van der Waals surface area (Å²) >= 11 is 0. The Hall–Kier alpha value is -1.97. The van der Waals surface area contributed by atoms with Crippen molar-refractivity contribution in [2.45, 2.75) is 46.6 Å². The highest BCUT2D eigenvalue weighted by Gasteiger charge is 2.06. The second kappa shape index (κ2) is 7.87. The fourth-order valence-corrected chi connectivity index (χ4v) is 2.51. The molecule has 1 heterocycles. The van der Waals surface area contributed by atoms with Crippen LogP contribution in [0.5, 0.6) is 0 Å². The van der Waals surface area contributed by atoms with E-state index in [9.17, 15) is 0 Å². The molecule has 2 rings (SSSR count). The summed E-state index contributed by atoms with van der Waals surface area (Å²) in [6.45, 7) is 10.3. The number of guanidine groups is 1. The van der Waals surface area contributed by atoms with E-state index in [-0.39, 0.29) is 0 Å². The number of benzene rings is 1. The second-order valence-electron chi connectivity index (χ2n) is 5.78. The minimum absolute atomic E-state index is 0.438. The van der Waals surface area contributed by atoms with Gasteiger partial charge in [-0.1, -0.05) is 25.1 Å². The molecule has 22 heavy (non-hydrogen) atoms. The minimum Gasteiger partial charge on any atom is -0.361 e. The van der Waals surface area contributed by atoms with Gasteiger partial charge in [0, 0.05) is 36.2 Å². The normalized spacial score (nSPS) is 13.4. The SMILES string of the molecule is CCNC(=NCCc1c[nH]c2c(C)cccc12)NC(C)CC. The van der Waals surface area contributed by atoms with Gasteiger partial charge in [0.25, 0.3) is 0 Å². The number of aromatic nitrogens is 1. The number of fused-ring (bicyclic) bond motifs is 1. The highest BCUT2D eigenvalue weighted by molar-refractivity contribution is 5.86. The molecule has 0 aliphatic rings. The van der Waals surface area contributed by atoms with Crippen LogP contribution in [0.3, 0.4) is 0 Å². The van der Waals surface area contributed by atoms with Crippen molar-refractivity contribution < 1.29 is 0 Å². The molecule has 0 aliphatic heterocycles. The van der Waals surface area contributed by atoms with Gasteiger partial charge >= 0.3 is 0 Å². The van der Waals surface area contributed by atoms with E-state index in [1.165, 1.54) is 22.0 Å². The summed E-state index contributed by atoms with van der Waals surface area (Å²) in [4.78, 5) is 8.07. The molecule has 1 aromatic heterocycles. The third-order valence-electron chi connectivity index (χ3n) is 4.00. The van der Waals surface area contributed by atoms with Crippen LogP contribution < -0.4 is 10.6 Å². The maximum Gasteiger partial charge on any atom is 0.191 e. The van der Waals surface area contributed by atoms with Gasteiger partial charge in [-0.2, -0.15) is 0 Å². The van der Waals surface area contributed by atoms with Crippen LogP contribution in [-0.2, 0) is 6.42 Å². The third-order valence-corrected chi connectivity index (χ3v) is 4.00. The predicted molar refractivity (Wildman–Crippen MR) is 95.6 cm³/mol. The lowest BCUT2D eigenvalue weighted by Gasteiger charge is -2.16. The van der Waals surface area contributed by atoms with Crippen LogP contribution in [0.1, 0.15) is 38.3 Å². The average molecular weight is 300 g/mol. The number of aromatic amines is 1. The van der Waals surface area contributed by atoms with Crippen LogP contribution >= 0.6 is 0 Å². The molecule has 2 aromatic rings. The summed E-state index contributed by atoms with van der Waals surface area (Å²) in [6.07, 6.45) is 4.15. The van der Waals surface area contributed by atoms with E-state index in [4.69, 9.17) is 0 Å². The Labute approximate surface area is 133 Å². The quantitative estimate of drug-likeness (QED) is 0.566. The van der Waals surface area contributed by atoms with Crippen molar-refractivity contribution in [1.29, 1.82) is 0 Å². The standard InChI is InChI=1S/C18H28N4/c1-5-14(4)22-18(19-6-2)20-11-10-15-12-21-17-13(3)8-7-9-16(15)17/h7-9,12,14,21H,5-6,10-11H2,1-4H3,(H2,19,20,22). The Balaban J connectivity index is 2.03. The van der Waals surface area contributed by atoms with Crippen LogP contribution in [0.25, 0.3) is 10.9 Å². The van der Waals surface area contributed by atoms with Gasteiger partial charge in [0.15, 0.2) is 5.96 Å². The largest absolute Gasteiger partial charge is 0.361 e. The Bertz CT molecular complexity index is 627. The Morgan fingerprint density at radius 2 is 2.14 bits per heavy atom. The van der Waals surface area contributed by atoms with Crippen molar-refractivity contribution in [3.63, 3.8) is 0 Å². The van der Waals surface area contributed by atoms with Crippen LogP contribution in [0.2, 0.25) is 0 Å². The van der Waals surface area contributed by atoms with Gasteiger partial charge in [0.05, 0.1) is 0 Å². The molecule has 0 saturated heterocycles. The Morgan fingerprint density at radius 1 is 1.32 bits per heavy atom. The molecule has 1 atom stereocenters. The van der Waals surface area contributed by atoms with E-state index >= 15 is 0 Å². The number of hydrogen-bond donors (Lipinski definition) is 3. The van der Waals surface area contributed by atoms with Crippen molar-refractivity contribution >= 4 is 16.9 Å². The number of hydrogen-bond acceptors (Lipinski definition) is 1. The zero-order valence-corrected chi connectivity index (χ0v) is 14.2. The maximum atomic E-state index is 4.69. The van der Waals surface area contributed by atoms with Gasteiger partial charge in [-0.3, -0.25) is 4.99 Å².